The van der Waals surface area contributed by atoms with Crippen molar-refractivity contribution in [1.82, 2.24) is 20.0 Å². The number of piperidine rings is 1. The van der Waals surface area contributed by atoms with Crippen LogP contribution in [-0.4, -0.2) is 45.1 Å². The van der Waals surface area contributed by atoms with E-state index in [2.05, 4.69) is 10.4 Å². The van der Waals surface area contributed by atoms with Gasteiger partial charge in [0.25, 0.3) is 5.91 Å². The van der Waals surface area contributed by atoms with E-state index in [1.54, 1.807) is 10.7 Å². The van der Waals surface area contributed by atoms with Crippen LogP contribution in [0.4, 0.5) is 0 Å². The number of carbonyl (C=O) groups excluding carboxylic acids is 2. The van der Waals surface area contributed by atoms with Crippen molar-refractivity contribution in [2.24, 2.45) is 7.05 Å². The fourth-order valence-electron chi connectivity index (χ4n) is 4.00. The third-order valence-electron chi connectivity index (χ3n) is 5.28. The number of rotatable bonds is 2. The number of likely N-dealkylation sites (tertiary alicyclic amines) is 1. The SMILES string of the molecule is Cn1cc([C@H]2CC(=O)NC23CCN(C(=O)c2ccoc2)CC3)cn1. The Morgan fingerprint density at radius 2 is 2.21 bits per heavy atom. The van der Waals surface area contributed by atoms with Crippen molar-refractivity contribution in [3.8, 4) is 0 Å². The Hall–Kier alpha value is -2.57. The summed E-state index contributed by atoms with van der Waals surface area (Å²) in [6, 6.07) is 1.68. The molecule has 2 amide bonds. The highest BCUT2D eigenvalue weighted by Crippen LogP contribution is 2.43. The van der Waals surface area contributed by atoms with E-state index in [0.29, 0.717) is 25.1 Å². The number of aromatic nitrogens is 2. The van der Waals surface area contributed by atoms with Gasteiger partial charge in [-0.2, -0.15) is 5.10 Å². The maximum absolute atomic E-state index is 12.4. The molecule has 0 aromatic carbocycles. The quantitative estimate of drug-likeness (QED) is 0.901. The molecule has 1 spiro atoms. The first-order valence-corrected chi connectivity index (χ1v) is 8.18. The van der Waals surface area contributed by atoms with Gasteiger partial charge in [0.2, 0.25) is 5.91 Å². The smallest absolute Gasteiger partial charge is 0.257 e. The molecule has 7 heteroatoms. The van der Waals surface area contributed by atoms with Crippen molar-refractivity contribution < 1.29 is 14.0 Å². The van der Waals surface area contributed by atoms with Gasteiger partial charge in [0.05, 0.1) is 23.6 Å². The second kappa shape index (κ2) is 5.51. The summed E-state index contributed by atoms with van der Waals surface area (Å²) in [5.74, 6) is 0.184. The average Bonchev–Trinajstić information content (AvgIpc) is 3.28. The summed E-state index contributed by atoms with van der Waals surface area (Å²) in [6.45, 7) is 1.25. The van der Waals surface area contributed by atoms with Crippen molar-refractivity contribution in [2.45, 2.75) is 30.7 Å². The molecule has 4 heterocycles. The lowest BCUT2D eigenvalue weighted by Gasteiger charge is -2.42. The molecule has 7 nitrogen and oxygen atoms in total. The zero-order valence-electron chi connectivity index (χ0n) is 13.6. The zero-order chi connectivity index (χ0) is 16.7. The van der Waals surface area contributed by atoms with E-state index in [0.717, 1.165) is 18.4 Å². The van der Waals surface area contributed by atoms with Gasteiger partial charge in [-0.1, -0.05) is 0 Å². The van der Waals surface area contributed by atoms with Crippen LogP contribution < -0.4 is 5.32 Å². The Bertz CT molecular complexity index is 757. The lowest BCUT2D eigenvalue weighted by Crippen LogP contribution is -2.54. The Morgan fingerprint density at radius 1 is 1.42 bits per heavy atom. The minimum Gasteiger partial charge on any atom is -0.472 e. The highest BCUT2D eigenvalue weighted by molar-refractivity contribution is 5.94. The second-order valence-corrected chi connectivity index (χ2v) is 6.71. The number of aryl methyl sites for hydroxylation is 1. The summed E-state index contributed by atoms with van der Waals surface area (Å²) in [4.78, 5) is 26.4. The molecule has 0 bridgehead atoms. The normalized spacial score (nSPS) is 22.8. The molecule has 24 heavy (non-hydrogen) atoms. The van der Waals surface area contributed by atoms with Crippen LogP contribution in [0.3, 0.4) is 0 Å². The van der Waals surface area contributed by atoms with Crippen LogP contribution in [0.1, 0.15) is 41.1 Å². The van der Waals surface area contributed by atoms with Crippen LogP contribution in [0.25, 0.3) is 0 Å². The topological polar surface area (TPSA) is 80.4 Å². The predicted molar refractivity (Wildman–Crippen MR) is 85.3 cm³/mol. The van der Waals surface area contributed by atoms with Gasteiger partial charge in [-0.3, -0.25) is 14.3 Å². The molecule has 2 aliphatic rings. The summed E-state index contributed by atoms with van der Waals surface area (Å²) >= 11 is 0. The summed E-state index contributed by atoms with van der Waals surface area (Å²) in [6.07, 6.45) is 8.80. The molecule has 2 aliphatic heterocycles. The van der Waals surface area contributed by atoms with Gasteiger partial charge in [-0.15, -0.1) is 0 Å². The van der Waals surface area contributed by atoms with Gasteiger partial charge in [0, 0.05) is 38.7 Å². The molecule has 126 valence electrons. The number of nitrogens with zero attached hydrogens (tertiary/aromatic N) is 3. The van der Waals surface area contributed by atoms with Gasteiger partial charge in [0.15, 0.2) is 0 Å². The van der Waals surface area contributed by atoms with Crippen LogP contribution >= 0.6 is 0 Å². The molecule has 2 aromatic rings. The van der Waals surface area contributed by atoms with Crippen molar-refractivity contribution >= 4 is 11.8 Å². The van der Waals surface area contributed by atoms with E-state index in [-0.39, 0.29) is 23.3 Å². The van der Waals surface area contributed by atoms with E-state index in [4.69, 9.17) is 4.42 Å². The molecule has 1 N–H and O–H groups in total. The minimum absolute atomic E-state index is 0.0131. The highest BCUT2D eigenvalue weighted by atomic mass is 16.3. The standard InChI is InChI=1S/C17H20N4O3/c1-20-10-13(9-18-20)14-8-15(22)19-17(14)3-5-21(6-4-17)16(23)12-2-7-24-11-12/h2,7,9-11,14H,3-6,8H2,1H3,(H,19,22)/t14-/m1/s1. The number of amides is 2. The molecule has 2 fully saturated rings. The molecule has 0 aliphatic carbocycles. The third kappa shape index (κ3) is 2.40. The molecule has 4 rings (SSSR count). The van der Waals surface area contributed by atoms with Crippen molar-refractivity contribution in [3.05, 3.63) is 42.1 Å². The van der Waals surface area contributed by atoms with Crippen molar-refractivity contribution in [3.63, 3.8) is 0 Å². The Labute approximate surface area is 139 Å². The fraction of sp³-hybridized carbons (Fsp3) is 0.471. The number of carbonyl (C=O) groups is 2. The lowest BCUT2D eigenvalue weighted by atomic mass is 9.75. The number of nitrogens with one attached hydrogen (secondary N) is 1. The Kier molecular flexibility index (Phi) is 3.44. The van der Waals surface area contributed by atoms with E-state index in [9.17, 15) is 9.59 Å². The summed E-state index contributed by atoms with van der Waals surface area (Å²) in [5, 5.41) is 7.43. The number of hydrogen-bond donors (Lipinski definition) is 1. The predicted octanol–water partition coefficient (Wildman–Crippen LogP) is 1.29. The summed E-state index contributed by atoms with van der Waals surface area (Å²) in [5.41, 5.74) is 1.39. The number of hydrogen-bond acceptors (Lipinski definition) is 4. The molecule has 0 saturated carbocycles. The first-order valence-electron chi connectivity index (χ1n) is 8.18. The highest BCUT2D eigenvalue weighted by Gasteiger charge is 2.49. The van der Waals surface area contributed by atoms with E-state index >= 15 is 0 Å². The molecule has 2 saturated heterocycles. The zero-order valence-corrected chi connectivity index (χ0v) is 13.6. The maximum Gasteiger partial charge on any atom is 0.257 e. The summed E-state index contributed by atoms with van der Waals surface area (Å²) in [7, 11) is 1.88. The van der Waals surface area contributed by atoms with E-state index in [1.807, 2.05) is 24.3 Å². The Morgan fingerprint density at radius 3 is 2.83 bits per heavy atom. The molecular weight excluding hydrogens is 308 g/mol. The third-order valence-corrected chi connectivity index (χ3v) is 5.28. The van der Waals surface area contributed by atoms with Gasteiger partial charge < -0.3 is 14.6 Å². The molecular formula is C17H20N4O3. The minimum atomic E-state index is -0.271. The van der Waals surface area contributed by atoms with Gasteiger partial charge >= 0.3 is 0 Å². The van der Waals surface area contributed by atoms with Gasteiger partial charge in [0.1, 0.15) is 6.26 Å². The van der Waals surface area contributed by atoms with E-state index in [1.165, 1.54) is 12.5 Å². The van der Waals surface area contributed by atoms with E-state index < -0.39 is 0 Å². The maximum atomic E-state index is 12.4. The van der Waals surface area contributed by atoms with Crippen LogP contribution in [0, 0.1) is 0 Å². The number of furan rings is 1. The first kappa shape index (κ1) is 15.0. The second-order valence-electron chi connectivity index (χ2n) is 6.71. The molecule has 2 aromatic heterocycles. The lowest BCUT2D eigenvalue weighted by molar-refractivity contribution is -0.120. The first-order chi connectivity index (χ1) is 11.6. The van der Waals surface area contributed by atoms with Crippen molar-refractivity contribution in [2.75, 3.05) is 13.1 Å². The van der Waals surface area contributed by atoms with Gasteiger partial charge in [-0.05, 0) is 24.5 Å². The summed E-state index contributed by atoms with van der Waals surface area (Å²) < 4.78 is 6.76. The van der Waals surface area contributed by atoms with Gasteiger partial charge in [-0.25, -0.2) is 0 Å². The van der Waals surface area contributed by atoms with Crippen molar-refractivity contribution in [1.29, 1.82) is 0 Å². The fourth-order valence-corrected chi connectivity index (χ4v) is 4.00. The Balaban J connectivity index is 1.52. The van der Waals surface area contributed by atoms with Crippen LogP contribution in [0.2, 0.25) is 0 Å². The molecule has 0 radical (unpaired) electrons. The monoisotopic (exact) mass is 328 g/mol. The van der Waals surface area contributed by atoms with Crippen LogP contribution in [0.15, 0.2) is 35.4 Å². The molecule has 1 atom stereocenters. The van der Waals surface area contributed by atoms with Crippen LogP contribution in [-0.2, 0) is 11.8 Å². The average molecular weight is 328 g/mol. The van der Waals surface area contributed by atoms with Crippen LogP contribution in [0.5, 0.6) is 0 Å². The molecule has 0 unspecified atom stereocenters. The largest absolute Gasteiger partial charge is 0.472 e.